The lowest BCUT2D eigenvalue weighted by Gasteiger charge is -2.20. The summed E-state index contributed by atoms with van der Waals surface area (Å²) in [5.41, 5.74) is 1.14. The van der Waals surface area contributed by atoms with E-state index in [9.17, 15) is 13.2 Å². The number of rotatable bonds is 6. The fourth-order valence-corrected chi connectivity index (χ4v) is 3.48. The van der Waals surface area contributed by atoms with Gasteiger partial charge in [0.15, 0.2) is 0 Å². The molecular weight excluding hydrogens is 330 g/mol. The number of hydrogen-bond acceptors (Lipinski definition) is 5. The lowest BCUT2D eigenvalue weighted by Crippen LogP contribution is -2.28. The van der Waals surface area contributed by atoms with E-state index in [2.05, 4.69) is 0 Å². The van der Waals surface area contributed by atoms with Gasteiger partial charge in [0.05, 0.1) is 31.2 Å². The summed E-state index contributed by atoms with van der Waals surface area (Å²) in [6, 6.07) is 13.2. The molecule has 0 atom stereocenters. The van der Waals surface area contributed by atoms with Crippen LogP contribution in [0.4, 0.5) is 5.69 Å². The Balaban J connectivity index is 2.29. The zero-order chi connectivity index (χ0) is 17.7. The minimum absolute atomic E-state index is 0.242. The molecule has 0 aliphatic rings. The van der Waals surface area contributed by atoms with Crippen molar-refractivity contribution in [3.05, 3.63) is 59.7 Å². The molecule has 24 heavy (non-hydrogen) atoms. The summed E-state index contributed by atoms with van der Waals surface area (Å²) < 4.78 is 36.3. The van der Waals surface area contributed by atoms with Crippen molar-refractivity contribution in [3.8, 4) is 5.75 Å². The fraction of sp³-hybridized carbons (Fsp3) is 0.235. The molecule has 128 valence electrons. The van der Waals surface area contributed by atoms with Crippen LogP contribution in [0.15, 0.2) is 48.5 Å². The van der Waals surface area contributed by atoms with E-state index in [1.165, 1.54) is 18.5 Å². The van der Waals surface area contributed by atoms with Crippen LogP contribution in [0.3, 0.4) is 0 Å². The minimum atomic E-state index is -3.67. The van der Waals surface area contributed by atoms with E-state index in [0.29, 0.717) is 17.0 Å². The van der Waals surface area contributed by atoms with Crippen molar-refractivity contribution in [2.75, 3.05) is 25.6 Å². The Kier molecular flexibility index (Phi) is 5.46. The first-order valence-corrected chi connectivity index (χ1v) is 8.77. The molecule has 0 fully saturated rings. The molecule has 2 aromatic carbocycles. The molecule has 0 unspecified atom stereocenters. The first-order chi connectivity index (χ1) is 11.4. The van der Waals surface area contributed by atoms with Crippen LogP contribution < -0.4 is 9.04 Å². The van der Waals surface area contributed by atoms with E-state index < -0.39 is 16.0 Å². The maximum Gasteiger partial charge on any atom is 0.338 e. The predicted molar refractivity (Wildman–Crippen MR) is 91.8 cm³/mol. The van der Waals surface area contributed by atoms with Gasteiger partial charge in [-0.3, -0.25) is 4.31 Å². The fourth-order valence-electron chi connectivity index (χ4n) is 2.20. The van der Waals surface area contributed by atoms with Gasteiger partial charge in [0.1, 0.15) is 5.75 Å². The lowest BCUT2D eigenvalue weighted by atomic mass is 10.1. The molecule has 0 aliphatic heterocycles. The maximum atomic E-state index is 12.7. The molecule has 2 rings (SSSR count). The molecule has 2 aromatic rings. The third-order valence-corrected chi connectivity index (χ3v) is 5.34. The van der Waals surface area contributed by atoms with Crippen molar-refractivity contribution < 1.29 is 22.7 Å². The molecule has 0 bridgehead atoms. The van der Waals surface area contributed by atoms with Gasteiger partial charge in [-0.15, -0.1) is 0 Å². The van der Waals surface area contributed by atoms with E-state index in [1.54, 1.807) is 55.6 Å². The molecule has 0 aromatic heterocycles. The zero-order valence-electron chi connectivity index (χ0n) is 13.7. The van der Waals surface area contributed by atoms with Crippen molar-refractivity contribution in [3.63, 3.8) is 0 Å². The second kappa shape index (κ2) is 7.35. The Morgan fingerprint density at radius 2 is 1.67 bits per heavy atom. The van der Waals surface area contributed by atoms with E-state index in [-0.39, 0.29) is 11.3 Å². The monoisotopic (exact) mass is 349 g/mol. The highest BCUT2D eigenvalue weighted by Crippen LogP contribution is 2.23. The second-order valence-electron chi connectivity index (χ2n) is 5.07. The molecule has 0 N–H and O–H groups in total. The van der Waals surface area contributed by atoms with Gasteiger partial charge in [-0.05, 0) is 35.9 Å². The molecule has 0 saturated heterocycles. The number of ether oxygens (including phenoxy) is 2. The van der Waals surface area contributed by atoms with Crippen molar-refractivity contribution in [2.24, 2.45) is 0 Å². The van der Waals surface area contributed by atoms with Gasteiger partial charge in [-0.1, -0.05) is 18.2 Å². The molecule has 7 heteroatoms. The number of hydrogen-bond donors (Lipinski definition) is 0. The lowest BCUT2D eigenvalue weighted by molar-refractivity contribution is 0.0600. The van der Waals surface area contributed by atoms with Crippen LogP contribution in [0, 0.1) is 0 Å². The van der Waals surface area contributed by atoms with Gasteiger partial charge >= 0.3 is 5.97 Å². The maximum absolute atomic E-state index is 12.7. The predicted octanol–water partition coefficient (Wildman–Crippen LogP) is 2.45. The van der Waals surface area contributed by atoms with Crippen molar-refractivity contribution in [1.82, 2.24) is 0 Å². The number of methoxy groups -OCH3 is 2. The summed E-state index contributed by atoms with van der Waals surface area (Å²) in [5, 5.41) is 0. The summed E-state index contributed by atoms with van der Waals surface area (Å²) in [6.07, 6.45) is 0. The minimum Gasteiger partial charge on any atom is -0.497 e. The number of carbonyl (C=O) groups is 1. The molecule has 0 amide bonds. The highest BCUT2D eigenvalue weighted by Gasteiger charge is 2.22. The summed E-state index contributed by atoms with van der Waals surface area (Å²) in [4.78, 5) is 11.8. The molecule has 0 spiro atoms. The van der Waals surface area contributed by atoms with E-state index in [1.807, 2.05) is 0 Å². The van der Waals surface area contributed by atoms with Crippen LogP contribution in [0.5, 0.6) is 5.75 Å². The zero-order valence-corrected chi connectivity index (χ0v) is 14.5. The first kappa shape index (κ1) is 17.8. The van der Waals surface area contributed by atoms with Gasteiger partial charge in [0, 0.05) is 7.05 Å². The number of benzene rings is 2. The van der Waals surface area contributed by atoms with Crippen LogP contribution in [-0.4, -0.2) is 35.7 Å². The first-order valence-electron chi connectivity index (χ1n) is 7.16. The summed E-state index contributed by atoms with van der Waals surface area (Å²) >= 11 is 0. The van der Waals surface area contributed by atoms with Crippen molar-refractivity contribution in [2.45, 2.75) is 5.75 Å². The largest absolute Gasteiger partial charge is 0.497 e. The molecular formula is C17H19NO5S. The van der Waals surface area contributed by atoms with E-state index >= 15 is 0 Å². The normalized spacial score (nSPS) is 11.0. The van der Waals surface area contributed by atoms with Crippen LogP contribution >= 0.6 is 0 Å². The van der Waals surface area contributed by atoms with Crippen molar-refractivity contribution in [1.29, 1.82) is 0 Å². The summed E-state index contributed by atoms with van der Waals surface area (Å²) in [7, 11) is 0.607. The average molecular weight is 349 g/mol. The van der Waals surface area contributed by atoms with Crippen LogP contribution in [0.2, 0.25) is 0 Å². The Morgan fingerprint density at radius 1 is 1.04 bits per heavy atom. The number of nitrogens with zero attached hydrogens (tertiary/aromatic N) is 1. The molecule has 0 radical (unpaired) electrons. The van der Waals surface area contributed by atoms with Crippen LogP contribution in [0.1, 0.15) is 15.9 Å². The molecule has 0 saturated carbocycles. The Bertz CT molecular complexity index is 815. The van der Waals surface area contributed by atoms with Gasteiger partial charge in [-0.2, -0.15) is 0 Å². The summed E-state index contributed by atoms with van der Waals surface area (Å²) in [6.45, 7) is 0. The van der Waals surface area contributed by atoms with E-state index in [4.69, 9.17) is 9.47 Å². The second-order valence-corrected chi connectivity index (χ2v) is 7.07. The Morgan fingerprint density at radius 3 is 2.25 bits per heavy atom. The molecule has 0 aliphatic carbocycles. The third kappa shape index (κ3) is 3.86. The van der Waals surface area contributed by atoms with Gasteiger partial charge < -0.3 is 9.47 Å². The van der Waals surface area contributed by atoms with Crippen LogP contribution in [-0.2, 0) is 20.5 Å². The van der Waals surface area contributed by atoms with Gasteiger partial charge in [0.25, 0.3) is 0 Å². The standard InChI is InChI=1S/C17H19NO5S/c1-18(14-8-10-15(22-2)11-9-14)24(20,21)12-13-6-4-5-7-16(13)17(19)23-3/h4-11H,12H2,1-3H3. The highest BCUT2D eigenvalue weighted by molar-refractivity contribution is 7.92. The smallest absolute Gasteiger partial charge is 0.338 e. The van der Waals surface area contributed by atoms with Gasteiger partial charge in [0.2, 0.25) is 10.0 Å². The van der Waals surface area contributed by atoms with E-state index in [0.717, 1.165) is 0 Å². The summed E-state index contributed by atoms with van der Waals surface area (Å²) in [5.74, 6) is -0.227. The van der Waals surface area contributed by atoms with Crippen molar-refractivity contribution >= 4 is 21.7 Å². The Hall–Kier alpha value is -2.54. The number of sulfonamides is 1. The molecule has 0 heterocycles. The number of carbonyl (C=O) groups excluding carboxylic acids is 1. The Labute approximate surface area is 141 Å². The highest BCUT2D eigenvalue weighted by atomic mass is 32.2. The topological polar surface area (TPSA) is 72.9 Å². The third-order valence-electron chi connectivity index (χ3n) is 3.61. The SMILES string of the molecule is COC(=O)c1ccccc1CS(=O)(=O)N(C)c1ccc(OC)cc1. The number of anilines is 1. The molecule has 6 nitrogen and oxygen atoms in total. The number of esters is 1. The van der Waals surface area contributed by atoms with Gasteiger partial charge in [-0.25, -0.2) is 13.2 Å². The quantitative estimate of drug-likeness (QED) is 0.749. The van der Waals surface area contributed by atoms with Crippen LogP contribution in [0.25, 0.3) is 0 Å². The average Bonchev–Trinajstić information content (AvgIpc) is 2.60.